The van der Waals surface area contributed by atoms with Crippen LogP contribution in [0.15, 0.2) is 60.7 Å². The zero-order valence-corrected chi connectivity index (χ0v) is 23.7. The van der Waals surface area contributed by atoms with E-state index in [1.807, 2.05) is 18.2 Å². The summed E-state index contributed by atoms with van der Waals surface area (Å²) in [6.45, 7) is 0.366. The monoisotopic (exact) mass is 604 g/mol. The molecule has 3 heterocycles. The molecule has 4 aromatic rings. The van der Waals surface area contributed by atoms with Crippen LogP contribution in [0.1, 0.15) is 16.7 Å². The number of rotatable bonds is 7. The van der Waals surface area contributed by atoms with Crippen LogP contribution in [0.25, 0.3) is 10.2 Å². The number of halogens is 1. The fourth-order valence-electron chi connectivity index (χ4n) is 5.54. The zero-order valence-electron chi connectivity index (χ0n) is 22.9. The van der Waals surface area contributed by atoms with Gasteiger partial charge in [0.2, 0.25) is 11.8 Å². The lowest BCUT2D eigenvalue weighted by Gasteiger charge is -2.44. The van der Waals surface area contributed by atoms with Crippen LogP contribution in [0.2, 0.25) is 0 Å². The summed E-state index contributed by atoms with van der Waals surface area (Å²) in [4.78, 5) is 47.8. The molecule has 7 N–H and O–H groups in total. The van der Waals surface area contributed by atoms with Crippen molar-refractivity contribution in [1.29, 1.82) is 0 Å². The van der Waals surface area contributed by atoms with Crippen LogP contribution in [-0.4, -0.2) is 68.0 Å². The van der Waals surface area contributed by atoms with Crippen molar-refractivity contribution in [2.45, 2.75) is 31.7 Å². The number of nitrogen functional groups attached to an aromatic ring is 2. The van der Waals surface area contributed by atoms with Crippen molar-refractivity contribution in [2.75, 3.05) is 24.6 Å². The van der Waals surface area contributed by atoms with Crippen LogP contribution in [-0.2, 0) is 29.1 Å². The van der Waals surface area contributed by atoms with E-state index in [-0.39, 0.29) is 61.7 Å². The van der Waals surface area contributed by atoms with Gasteiger partial charge in [0.1, 0.15) is 23.8 Å². The quantitative estimate of drug-likeness (QED) is 0.158. The lowest BCUT2D eigenvalue weighted by Crippen LogP contribution is -2.65. The number of aromatic nitrogens is 1. The predicted octanol–water partition coefficient (Wildman–Crippen LogP) is 2.14. The second-order valence-corrected chi connectivity index (χ2v) is 11.5. The predicted molar refractivity (Wildman–Crippen MR) is 159 cm³/mol. The van der Waals surface area contributed by atoms with Gasteiger partial charge in [-0.1, -0.05) is 41.7 Å². The number of benzene rings is 3. The maximum absolute atomic E-state index is 14.0. The molecule has 2 atom stereocenters. The van der Waals surface area contributed by atoms with Crippen molar-refractivity contribution in [3.63, 3.8) is 0 Å². The standard InChI is InChI=1S/C29H29FN8O4S/c30-19-7-4-16(5-8-19)12-33-29(42)35-37-15-25(40)38-21(11-17-6-9-22(39)20(31)10-17)27(41)36(14-24(37)38)13-18-2-1-3-23-26(18)34-28(32)43-23/h1-10,21,24,39H,11-15,31H2,(H2,32,34)(H2,33,35,42)/t21-,24+/m0/s1. The van der Waals surface area contributed by atoms with Crippen LogP contribution < -0.4 is 22.2 Å². The number of anilines is 2. The topological polar surface area (TPSA) is 170 Å². The molecule has 4 amide bonds. The number of nitrogens with zero attached hydrogens (tertiary/aromatic N) is 4. The third kappa shape index (κ3) is 5.74. The van der Waals surface area contributed by atoms with Gasteiger partial charge in [-0.05, 0) is 47.0 Å². The number of carbonyl (C=O) groups excluding carboxylic acids is 3. The fraction of sp³-hybridized carbons (Fsp3) is 0.241. The normalized spacial score (nSPS) is 18.7. The number of hydrogen-bond acceptors (Lipinski definition) is 9. The van der Waals surface area contributed by atoms with E-state index in [0.29, 0.717) is 21.8 Å². The molecule has 14 heteroatoms. The molecule has 0 aliphatic carbocycles. The van der Waals surface area contributed by atoms with Gasteiger partial charge in [0.25, 0.3) is 0 Å². The summed E-state index contributed by atoms with van der Waals surface area (Å²) in [5, 5.41) is 14.5. The number of phenols is 1. The highest BCUT2D eigenvalue weighted by Crippen LogP contribution is 2.32. The highest BCUT2D eigenvalue weighted by molar-refractivity contribution is 7.22. The SMILES string of the molecule is Nc1nc2c(CN3C[C@@H]4N(NC(=O)NCc5ccc(F)cc5)CC(=O)N4[C@@H](Cc4ccc(O)c(N)c4)C3=O)cccc2s1. The van der Waals surface area contributed by atoms with Gasteiger partial charge in [0, 0.05) is 19.5 Å². The van der Waals surface area contributed by atoms with E-state index in [2.05, 4.69) is 15.7 Å². The Morgan fingerprint density at radius 2 is 1.86 bits per heavy atom. The molecular weight excluding hydrogens is 575 g/mol. The summed E-state index contributed by atoms with van der Waals surface area (Å²) in [5.41, 5.74) is 17.7. The van der Waals surface area contributed by atoms with Crippen molar-refractivity contribution in [2.24, 2.45) is 0 Å². The van der Waals surface area contributed by atoms with Gasteiger partial charge < -0.3 is 31.7 Å². The number of hydrogen-bond donors (Lipinski definition) is 5. The van der Waals surface area contributed by atoms with Gasteiger partial charge in [-0.25, -0.2) is 14.2 Å². The number of para-hydroxylation sites is 1. The van der Waals surface area contributed by atoms with Crippen molar-refractivity contribution < 1.29 is 23.9 Å². The molecule has 0 spiro atoms. The minimum Gasteiger partial charge on any atom is -0.506 e. The average Bonchev–Trinajstić information content (AvgIpc) is 3.51. The van der Waals surface area contributed by atoms with Crippen molar-refractivity contribution >= 4 is 50.2 Å². The van der Waals surface area contributed by atoms with Crippen LogP contribution in [0.4, 0.5) is 20.0 Å². The molecule has 0 saturated carbocycles. The molecule has 12 nitrogen and oxygen atoms in total. The molecule has 222 valence electrons. The number of aromatic hydroxyl groups is 1. The number of phenolic OH excluding ortho intramolecular Hbond substituents is 1. The van der Waals surface area contributed by atoms with Crippen LogP contribution in [0, 0.1) is 5.82 Å². The molecule has 0 bridgehead atoms. The number of fused-ring (bicyclic) bond motifs is 2. The molecule has 1 aromatic heterocycles. The summed E-state index contributed by atoms with van der Waals surface area (Å²) in [6.07, 6.45) is -0.499. The lowest BCUT2D eigenvalue weighted by molar-refractivity contribution is -0.154. The van der Waals surface area contributed by atoms with E-state index in [1.165, 1.54) is 39.4 Å². The van der Waals surface area contributed by atoms with Crippen molar-refractivity contribution in [1.82, 2.24) is 30.5 Å². The Kier molecular flexibility index (Phi) is 7.46. The largest absolute Gasteiger partial charge is 0.506 e. The Labute approximate surface area is 249 Å². The van der Waals surface area contributed by atoms with E-state index in [4.69, 9.17) is 11.5 Å². The van der Waals surface area contributed by atoms with Crippen LogP contribution in [0.5, 0.6) is 5.75 Å². The third-order valence-electron chi connectivity index (χ3n) is 7.60. The molecule has 0 unspecified atom stereocenters. The molecule has 43 heavy (non-hydrogen) atoms. The summed E-state index contributed by atoms with van der Waals surface area (Å²) in [5.74, 6) is -1.03. The number of carbonyl (C=O) groups is 3. The molecule has 2 aliphatic rings. The van der Waals surface area contributed by atoms with Gasteiger partial charge in [-0.3, -0.25) is 15.0 Å². The van der Waals surface area contributed by atoms with E-state index in [0.717, 1.165) is 10.3 Å². The maximum atomic E-state index is 14.0. The zero-order chi connectivity index (χ0) is 30.2. The van der Waals surface area contributed by atoms with Gasteiger partial charge in [-0.2, -0.15) is 5.01 Å². The van der Waals surface area contributed by atoms with Gasteiger partial charge >= 0.3 is 6.03 Å². The van der Waals surface area contributed by atoms with Gasteiger partial charge in [-0.15, -0.1) is 0 Å². The second-order valence-electron chi connectivity index (χ2n) is 10.5. The van der Waals surface area contributed by atoms with E-state index < -0.39 is 18.2 Å². The summed E-state index contributed by atoms with van der Waals surface area (Å²) in [6, 6.07) is 14.7. The van der Waals surface area contributed by atoms with E-state index in [1.54, 1.807) is 29.2 Å². The summed E-state index contributed by atoms with van der Waals surface area (Å²) < 4.78 is 14.1. The Bertz CT molecular complexity index is 1710. The van der Waals surface area contributed by atoms with Crippen LogP contribution >= 0.6 is 11.3 Å². The summed E-state index contributed by atoms with van der Waals surface area (Å²) in [7, 11) is 0. The number of urea groups is 1. The highest BCUT2D eigenvalue weighted by Gasteiger charge is 2.50. The third-order valence-corrected chi connectivity index (χ3v) is 8.45. The number of nitrogens with two attached hydrogens (primary N) is 2. The minimum atomic E-state index is -0.885. The number of piperazine rings is 1. The average molecular weight is 605 g/mol. The first kappa shape index (κ1) is 28.2. The van der Waals surface area contributed by atoms with Crippen molar-refractivity contribution in [3.8, 4) is 5.75 Å². The minimum absolute atomic E-state index is 0.0758. The van der Waals surface area contributed by atoms with E-state index in [9.17, 15) is 23.9 Å². The Morgan fingerprint density at radius 3 is 2.63 bits per heavy atom. The van der Waals surface area contributed by atoms with Crippen LogP contribution in [0.3, 0.4) is 0 Å². The second kappa shape index (κ2) is 11.4. The lowest BCUT2D eigenvalue weighted by atomic mass is 9.99. The fourth-order valence-corrected chi connectivity index (χ4v) is 6.32. The number of hydrazine groups is 1. The first-order valence-electron chi connectivity index (χ1n) is 13.5. The Morgan fingerprint density at radius 1 is 1.09 bits per heavy atom. The number of thiazole rings is 1. The Balaban J connectivity index is 1.26. The first-order valence-corrected chi connectivity index (χ1v) is 14.3. The number of nitrogens with one attached hydrogen (secondary N) is 2. The van der Waals surface area contributed by atoms with Gasteiger partial charge in [0.15, 0.2) is 5.13 Å². The highest BCUT2D eigenvalue weighted by atomic mass is 32.1. The molecule has 2 fully saturated rings. The van der Waals surface area contributed by atoms with Gasteiger partial charge in [0.05, 0.1) is 29.0 Å². The van der Waals surface area contributed by atoms with E-state index >= 15 is 0 Å². The molecule has 0 radical (unpaired) electrons. The number of amides is 4. The molecule has 2 aliphatic heterocycles. The molecule has 3 aromatic carbocycles. The maximum Gasteiger partial charge on any atom is 0.329 e. The molecule has 2 saturated heterocycles. The Hall–Kier alpha value is -4.95. The molecular formula is C29H29FN8O4S. The molecule has 6 rings (SSSR count). The van der Waals surface area contributed by atoms with Crippen molar-refractivity contribution in [3.05, 3.63) is 83.2 Å². The summed E-state index contributed by atoms with van der Waals surface area (Å²) >= 11 is 1.36. The first-order chi connectivity index (χ1) is 20.7. The smallest absolute Gasteiger partial charge is 0.329 e.